The van der Waals surface area contributed by atoms with Crippen LogP contribution in [0, 0.1) is 6.92 Å². The number of halogens is 1. The van der Waals surface area contributed by atoms with Gasteiger partial charge in [0.05, 0.1) is 11.4 Å². The summed E-state index contributed by atoms with van der Waals surface area (Å²) in [4.78, 5) is 27.6. The molecule has 0 saturated heterocycles. The monoisotopic (exact) mass is 493 g/mol. The van der Waals surface area contributed by atoms with E-state index in [1.165, 1.54) is 24.1 Å². The number of carbonyl (C=O) groups excluding carboxylic acids is 2. The zero-order valence-electron chi connectivity index (χ0n) is 19.9. The van der Waals surface area contributed by atoms with E-state index < -0.39 is 34.1 Å². The second-order valence-corrected chi connectivity index (χ2v) is 11.6. The Bertz CT molecular complexity index is 1100. The molecule has 33 heavy (non-hydrogen) atoms. The molecule has 2 aromatic rings. The van der Waals surface area contributed by atoms with Crippen molar-refractivity contribution in [3.63, 3.8) is 0 Å². The van der Waals surface area contributed by atoms with E-state index in [4.69, 9.17) is 11.6 Å². The Hall–Kier alpha value is -2.42. The van der Waals surface area contributed by atoms with Gasteiger partial charge in [0, 0.05) is 24.2 Å². The minimum absolute atomic E-state index is 0.0651. The average Bonchev–Trinajstić information content (AvgIpc) is 2.71. The smallest absolute Gasteiger partial charge is 0.243 e. The first-order chi connectivity index (χ1) is 15.2. The Kier molecular flexibility index (Phi) is 8.68. The van der Waals surface area contributed by atoms with Crippen LogP contribution in [-0.4, -0.2) is 54.6 Å². The summed E-state index contributed by atoms with van der Waals surface area (Å²) in [7, 11) is -2.53. The molecule has 2 amide bonds. The highest BCUT2D eigenvalue weighted by atomic mass is 35.5. The topological polar surface area (TPSA) is 86.8 Å². The first-order valence-corrected chi connectivity index (χ1v) is 12.4. The molecule has 9 heteroatoms. The number of sulfonamides is 1. The van der Waals surface area contributed by atoms with Gasteiger partial charge in [-0.05, 0) is 58.4 Å². The zero-order chi connectivity index (χ0) is 25.0. The third-order valence-electron chi connectivity index (χ3n) is 5.05. The van der Waals surface area contributed by atoms with Gasteiger partial charge in [0.15, 0.2) is 0 Å². The molecule has 0 heterocycles. The molecule has 0 bridgehead atoms. The van der Waals surface area contributed by atoms with Crippen molar-refractivity contribution in [3.05, 3.63) is 64.7 Å². The second kappa shape index (κ2) is 10.7. The second-order valence-electron chi connectivity index (χ2n) is 9.10. The lowest BCUT2D eigenvalue weighted by molar-refractivity contribution is -0.141. The number of nitrogens with zero attached hydrogens (tertiary/aromatic N) is 2. The minimum atomic E-state index is -3.88. The van der Waals surface area contributed by atoms with Crippen LogP contribution >= 0.6 is 11.6 Å². The molecule has 1 unspecified atom stereocenters. The van der Waals surface area contributed by atoms with Crippen molar-refractivity contribution in [1.29, 1.82) is 0 Å². The molecule has 2 aromatic carbocycles. The fraction of sp³-hybridized carbons (Fsp3) is 0.417. The van der Waals surface area contributed by atoms with Gasteiger partial charge in [-0.25, -0.2) is 8.42 Å². The molecule has 0 saturated carbocycles. The summed E-state index contributed by atoms with van der Waals surface area (Å²) in [5, 5.41) is 3.33. The van der Waals surface area contributed by atoms with Gasteiger partial charge in [0.1, 0.15) is 6.04 Å². The van der Waals surface area contributed by atoms with Crippen molar-refractivity contribution in [1.82, 2.24) is 14.5 Å². The van der Waals surface area contributed by atoms with Crippen LogP contribution in [-0.2, 0) is 26.2 Å². The van der Waals surface area contributed by atoms with Gasteiger partial charge in [-0.3, -0.25) is 9.59 Å². The molecule has 7 nitrogen and oxygen atoms in total. The van der Waals surface area contributed by atoms with Gasteiger partial charge in [-0.15, -0.1) is 0 Å². The van der Waals surface area contributed by atoms with E-state index in [-0.39, 0.29) is 17.3 Å². The van der Waals surface area contributed by atoms with Crippen molar-refractivity contribution in [2.45, 2.75) is 57.6 Å². The first kappa shape index (κ1) is 26.8. The lowest BCUT2D eigenvalue weighted by atomic mass is 10.1. The van der Waals surface area contributed by atoms with E-state index in [0.717, 1.165) is 9.87 Å². The van der Waals surface area contributed by atoms with Crippen molar-refractivity contribution < 1.29 is 18.0 Å². The Balaban J connectivity index is 2.31. The molecule has 0 aromatic heterocycles. The van der Waals surface area contributed by atoms with Crippen LogP contribution in [0.5, 0.6) is 0 Å². The maximum Gasteiger partial charge on any atom is 0.243 e. The fourth-order valence-electron chi connectivity index (χ4n) is 3.12. The fourth-order valence-corrected chi connectivity index (χ4v) is 4.44. The molecule has 0 radical (unpaired) electrons. The summed E-state index contributed by atoms with van der Waals surface area (Å²) in [6.45, 7) is 8.66. The normalized spacial score (nSPS) is 13.0. The molecule has 0 aliphatic carbocycles. The molecule has 0 spiro atoms. The number of hydrogen-bond acceptors (Lipinski definition) is 4. The SMILES string of the molecule is Cc1ccc(S(=O)(=O)N(C)CC(=O)N(Cc2ccccc2Cl)C(C)C(=O)NC(C)(C)C)cc1. The van der Waals surface area contributed by atoms with E-state index in [2.05, 4.69) is 5.32 Å². The zero-order valence-corrected chi connectivity index (χ0v) is 21.5. The van der Waals surface area contributed by atoms with Crippen LogP contribution < -0.4 is 5.32 Å². The summed E-state index contributed by atoms with van der Waals surface area (Å²) in [5.74, 6) is -0.850. The van der Waals surface area contributed by atoms with Crippen molar-refractivity contribution in [2.24, 2.45) is 0 Å². The van der Waals surface area contributed by atoms with Crippen LogP contribution in [0.15, 0.2) is 53.4 Å². The minimum Gasteiger partial charge on any atom is -0.350 e. The number of rotatable bonds is 8. The number of carbonyl (C=O) groups is 2. The van der Waals surface area contributed by atoms with Crippen LogP contribution in [0.25, 0.3) is 0 Å². The third kappa shape index (κ3) is 7.28. The molecule has 1 N–H and O–H groups in total. The lowest BCUT2D eigenvalue weighted by Gasteiger charge is -2.32. The van der Waals surface area contributed by atoms with E-state index in [1.807, 2.05) is 27.7 Å². The highest BCUT2D eigenvalue weighted by Crippen LogP contribution is 2.20. The number of likely N-dealkylation sites (N-methyl/N-ethyl adjacent to an activating group) is 1. The predicted molar refractivity (Wildman–Crippen MR) is 130 cm³/mol. The number of aryl methyl sites for hydroxylation is 1. The standard InChI is InChI=1S/C24H32ClN3O4S/c1-17-11-13-20(14-12-17)33(31,32)27(6)16-22(29)28(15-19-9-7-8-10-21(19)25)18(2)23(30)26-24(3,4)5/h7-14,18H,15-16H2,1-6H3,(H,26,30). The van der Waals surface area contributed by atoms with Crippen molar-refractivity contribution in [2.75, 3.05) is 13.6 Å². The van der Waals surface area contributed by atoms with Gasteiger partial charge < -0.3 is 10.2 Å². The van der Waals surface area contributed by atoms with Gasteiger partial charge in [0.25, 0.3) is 0 Å². The first-order valence-electron chi connectivity index (χ1n) is 10.6. The van der Waals surface area contributed by atoms with E-state index in [0.29, 0.717) is 10.6 Å². The molecule has 0 aliphatic heterocycles. The summed E-state index contributed by atoms with van der Waals surface area (Å²) >= 11 is 6.29. The summed E-state index contributed by atoms with van der Waals surface area (Å²) in [5.41, 5.74) is 1.10. The highest BCUT2D eigenvalue weighted by molar-refractivity contribution is 7.89. The van der Waals surface area contributed by atoms with Crippen molar-refractivity contribution >= 4 is 33.4 Å². The van der Waals surface area contributed by atoms with Gasteiger partial charge in [0.2, 0.25) is 21.8 Å². The maximum atomic E-state index is 13.3. The number of benzene rings is 2. The Morgan fingerprint density at radius 2 is 1.64 bits per heavy atom. The molecular formula is C24H32ClN3O4S. The van der Waals surface area contributed by atoms with Crippen LogP contribution in [0.2, 0.25) is 5.02 Å². The van der Waals surface area contributed by atoms with E-state index >= 15 is 0 Å². The number of amides is 2. The summed E-state index contributed by atoms with van der Waals surface area (Å²) in [6.07, 6.45) is 0. The highest BCUT2D eigenvalue weighted by Gasteiger charge is 2.31. The maximum absolute atomic E-state index is 13.3. The van der Waals surface area contributed by atoms with Crippen LogP contribution in [0.1, 0.15) is 38.8 Å². The van der Waals surface area contributed by atoms with Gasteiger partial charge in [-0.1, -0.05) is 47.5 Å². The van der Waals surface area contributed by atoms with Crippen LogP contribution in [0.4, 0.5) is 0 Å². The number of hydrogen-bond donors (Lipinski definition) is 1. The summed E-state index contributed by atoms with van der Waals surface area (Å²) in [6, 6.07) is 12.6. The van der Waals surface area contributed by atoms with E-state index in [9.17, 15) is 18.0 Å². The quantitative estimate of drug-likeness (QED) is 0.608. The number of nitrogens with one attached hydrogen (secondary N) is 1. The Morgan fingerprint density at radius 3 is 2.18 bits per heavy atom. The molecule has 2 rings (SSSR count). The van der Waals surface area contributed by atoms with Crippen molar-refractivity contribution in [3.8, 4) is 0 Å². The van der Waals surface area contributed by atoms with Gasteiger partial charge >= 0.3 is 0 Å². The average molecular weight is 494 g/mol. The molecule has 0 aliphatic rings. The molecule has 180 valence electrons. The lowest BCUT2D eigenvalue weighted by Crippen LogP contribution is -2.54. The summed E-state index contributed by atoms with van der Waals surface area (Å²) < 4.78 is 26.9. The molecule has 0 fully saturated rings. The molecular weight excluding hydrogens is 462 g/mol. The van der Waals surface area contributed by atoms with Gasteiger partial charge in [-0.2, -0.15) is 4.31 Å². The predicted octanol–water partition coefficient (Wildman–Crippen LogP) is 3.60. The van der Waals surface area contributed by atoms with E-state index in [1.54, 1.807) is 43.3 Å². The molecule has 1 atom stereocenters. The Morgan fingerprint density at radius 1 is 1.06 bits per heavy atom. The largest absolute Gasteiger partial charge is 0.350 e. The van der Waals surface area contributed by atoms with Crippen LogP contribution in [0.3, 0.4) is 0 Å². The third-order valence-corrected chi connectivity index (χ3v) is 7.24. The Labute approximate surface area is 201 Å².